The van der Waals surface area contributed by atoms with Gasteiger partial charge in [0.1, 0.15) is 10.8 Å². The predicted octanol–water partition coefficient (Wildman–Crippen LogP) is 4.79. The lowest BCUT2D eigenvalue weighted by Gasteiger charge is -2.31. The number of aryl methyl sites for hydroxylation is 1. The third kappa shape index (κ3) is 6.09. The molecule has 3 aromatic rings. The molecule has 172 valence electrons. The lowest BCUT2D eigenvalue weighted by Crippen LogP contribution is -2.39. The summed E-state index contributed by atoms with van der Waals surface area (Å²) in [6.07, 6.45) is 2.99. The third-order valence-corrected chi connectivity index (χ3v) is 6.98. The number of methoxy groups -OCH3 is 1. The fourth-order valence-corrected chi connectivity index (χ4v) is 4.81. The first kappa shape index (κ1) is 23.2. The first-order valence-corrected chi connectivity index (χ1v) is 12.0. The van der Waals surface area contributed by atoms with E-state index in [0.29, 0.717) is 35.1 Å². The number of piperidine rings is 1. The molecule has 1 fully saturated rings. The van der Waals surface area contributed by atoms with Crippen molar-refractivity contribution in [2.75, 3.05) is 25.5 Å². The summed E-state index contributed by atoms with van der Waals surface area (Å²) in [4.78, 5) is 27.2. The van der Waals surface area contributed by atoms with Crippen molar-refractivity contribution in [2.45, 2.75) is 31.6 Å². The van der Waals surface area contributed by atoms with Crippen LogP contribution >= 0.6 is 22.9 Å². The molecule has 0 radical (unpaired) electrons. The zero-order valence-electron chi connectivity index (χ0n) is 18.3. The van der Waals surface area contributed by atoms with Gasteiger partial charge in [-0.3, -0.25) is 9.59 Å². The van der Waals surface area contributed by atoms with Crippen molar-refractivity contribution < 1.29 is 14.3 Å². The summed E-state index contributed by atoms with van der Waals surface area (Å²) < 4.78 is 5.18. The second kappa shape index (κ2) is 10.8. The van der Waals surface area contributed by atoms with Crippen molar-refractivity contribution in [1.82, 2.24) is 15.1 Å². The molecule has 7 nitrogen and oxygen atoms in total. The number of benzene rings is 2. The van der Waals surface area contributed by atoms with Crippen LogP contribution in [0.25, 0.3) is 0 Å². The van der Waals surface area contributed by atoms with Crippen LogP contribution in [0.2, 0.25) is 5.02 Å². The summed E-state index contributed by atoms with van der Waals surface area (Å²) in [5.74, 6) is 0.741. The predicted molar refractivity (Wildman–Crippen MR) is 129 cm³/mol. The summed E-state index contributed by atoms with van der Waals surface area (Å²) >= 11 is 7.17. The number of nitrogens with zero attached hydrogens (tertiary/aromatic N) is 3. The number of aromatic nitrogens is 2. The SMILES string of the molecule is COc1ccc(CCC(=O)N2CCC[C@H](c3nnc(C(=O)Nc4ccc(Cl)cc4)s3)C2)cc1. The number of nitrogens with one attached hydrogen (secondary N) is 1. The number of carbonyl (C=O) groups is 2. The smallest absolute Gasteiger partial charge is 0.286 e. The summed E-state index contributed by atoms with van der Waals surface area (Å²) in [5.41, 5.74) is 1.76. The molecule has 2 amide bonds. The molecule has 0 saturated carbocycles. The number of hydrogen-bond donors (Lipinski definition) is 1. The molecular weight excluding hydrogens is 460 g/mol. The van der Waals surface area contributed by atoms with Crippen LogP contribution < -0.4 is 10.1 Å². The van der Waals surface area contributed by atoms with Crippen LogP contribution in [0.4, 0.5) is 5.69 Å². The minimum atomic E-state index is -0.302. The molecule has 9 heteroatoms. The highest BCUT2D eigenvalue weighted by Gasteiger charge is 2.28. The maximum absolute atomic E-state index is 12.8. The van der Waals surface area contributed by atoms with Crippen LogP contribution in [0.15, 0.2) is 48.5 Å². The monoisotopic (exact) mass is 484 g/mol. The van der Waals surface area contributed by atoms with Crippen LogP contribution in [0.5, 0.6) is 5.75 Å². The fourth-order valence-electron chi connectivity index (χ4n) is 3.82. The average molecular weight is 485 g/mol. The Morgan fingerprint density at radius 2 is 1.91 bits per heavy atom. The Morgan fingerprint density at radius 1 is 1.15 bits per heavy atom. The Hall–Kier alpha value is -2.97. The first-order valence-electron chi connectivity index (χ1n) is 10.8. The van der Waals surface area contributed by atoms with Crippen molar-refractivity contribution in [2.24, 2.45) is 0 Å². The minimum absolute atomic E-state index is 0.0956. The zero-order chi connectivity index (χ0) is 23.2. The third-order valence-electron chi connectivity index (χ3n) is 5.65. The van der Waals surface area contributed by atoms with Gasteiger partial charge < -0.3 is 15.0 Å². The topological polar surface area (TPSA) is 84.4 Å². The quantitative estimate of drug-likeness (QED) is 0.521. The van der Waals surface area contributed by atoms with Gasteiger partial charge in [0.15, 0.2) is 0 Å². The van der Waals surface area contributed by atoms with E-state index in [1.54, 1.807) is 31.4 Å². The van der Waals surface area contributed by atoms with Crippen molar-refractivity contribution in [1.29, 1.82) is 0 Å². The van der Waals surface area contributed by atoms with E-state index >= 15 is 0 Å². The zero-order valence-corrected chi connectivity index (χ0v) is 19.9. The van der Waals surface area contributed by atoms with E-state index in [1.807, 2.05) is 29.2 Å². The number of rotatable bonds is 7. The molecule has 0 spiro atoms. The molecule has 1 aliphatic heterocycles. The van der Waals surface area contributed by atoms with E-state index in [0.717, 1.165) is 35.7 Å². The molecule has 2 heterocycles. The van der Waals surface area contributed by atoms with Gasteiger partial charge in [0.05, 0.1) is 7.11 Å². The highest BCUT2D eigenvalue weighted by molar-refractivity contribution is 7.13. The molecule has 1 aliphatic rings. The van der Waals surface area contributed by atoms with Crippen LogP contribution in [0, 0.1) is 0 Å². The Kier molecular flexibility index (Phi) is 7.57. The summed E-state index contributed by atoms with van der Waals surface area (Å²) in [5, 5.41) is 12.9. The number of ether oxygens (including phenoxy) is 1. The highest BCUT2D eigenvalue weighted by atomic mass is 35.5. The number of hydrogen-bond acceptors (Lipinski definition) is 6. The van der Waals surface area contributed by atoms with Crippen molar-refractivity contribution in [3.63, 3.8) is 0 Å². The second-order valence-electron chi connectivity index (χ2n) is 7.93. The number of carbonyl (C=O) groups excluding carboxylic acids is 2. The fraction of sp³-hybridized carbons (Fsp3) is 0.333. The molecule has 33 heavy (non-hydrogen) atoms. The van der Waals surface area contributed by atoms with E-state index in [4.69, 9.17) is 16.3 Å². The van der Waals surface area contributed by atoms with Gasteiger partial charge in [-0.1, -0.05) is 35.1 Å². The van der Waals surface area contributed by atoms with Crippen LogP contribution in [0.1, 0.15) is 45.6 Å². The largest absolute Gasteiger partial charge is 0.497 e. The van der Waals surface area contributed by atoms with Gasteiger partial charge in [-0.2, -0.15) is 0 Å². The number of halogens is 1. The van der Waals surface area contributed by atoms with Crippen molar-refractivity contribution in [3.8, 4) is 5.75 Å². The molecule has 1 N–H and O–H groups in total. The van der Waals surface area contributed by atoms with E-state index in [-0.39, 0.29) is 17.7 Å². The maximum Gasteiger partial charge on any atom is 0.286 e. The summed E-state index contributed by atoms with van der Waals surface area (Å²) in [7, 11) is 1.64. The molecule has 1 saturated heterocycles. The standard InChI is InChI=1S/C24H25ClN4O3S/c1-32-20-11-4-16(5-12-20)6-13-21(30)29-14-2-3-17(15-29)23-27-28-24(33-23)22(31)26-19-9-7-18(25)8-10-19/h4-5,7-12,17H,2-3,6,13-15H2,1H3,(H,26,31)/t17-/m0/s1. The van der Waals surface area contributed by atoms with Crippen LogP contribution in [-0.4, -0.2) is 47.1 Å². The van der Waals surface area contributed by atoms with Crippen LogP contribution in [0.3, 0.4) is 0 Å². The van der Waals surface area contributed by atoms with E-state index in [1.165, 1.54) is 11.3 Å². The molecule has 2 aromatic carbocycles. The van der Waals surface area contributed by atoms with Gasteiger partial charge in [-0.05, 0) is 61.2 Å². The maximum atomic E-state index is 12.8. The van der Waals surface area contributed by atoms with Gasteiger partial charge in [-0.25, -0.2) is 0 Å². The molecule has 0 aliphatic carbocycles. The molecule has 1 aromatic heterocycles. The summed E-state index contributed by atoms with van der Waals surface area (Å²) in [6.45, 7) is 1.36. The average Bonchev–Trinajstić information content (AvgIpc) is 3.35. The van der Waals surface area contributed by atoms with Gasteiger partial charge in [-0.15, -0.1) is 10.2 Å². The lowest BCUT2D eigenvalue weighted by atomic mass is 9.98. The Labute approximate surface area is 201 Å². The Balaban J connectivity index is 1.32. The van der Waals surface area contributed by atoms with Crippen molar-refractivity contribution >= 4 is 40.4 Å². The first-order chi connectivity index (χ1) is 16.0. The molecule has 0 unspecified atom stereocenters. The normalized spacial score (nSPS) is 15.8. The van der Waals surface area contributed by atoms with Gasteiger partial charge in [0, 0.05) is 36.1 Å². The molecule has 4 rings (SSSR count). The minimum Gasteiger partial charge on any atom is -0.497 e. The van der Waals surface area contributed by atoms with Gasteiger partial charge in [0.25, 0.3) is 5.91 Å². The van der Waals surface area contributed by atoms with Crippen LogP contribution in [-0.2, 0) is 11.2 Å². The molecule has 0 bridgehead atoms. The molecule has 1 atom stereocenters. The molecular formula is C24H25ClN4O3S. The second-order valence-corrected chi connectivity index (χ2v) is 9.38. The number of amides is 2. The summed E-state index contributed by atoms with van der Waals surface area (Å²) in [6, 6.07) is 14.7. The van der Waals surface area contributed by atoms with Crippen molar-refractivity contribution in [3.05, 3.63) is 69.1 Å². The Bertz CT molecular complexity index is 1100. The Morgan fingerprint density at radius 3 is 2.64 bits per heavy atom. The number of anilines is 1. The van der Waals surface area contributed by atoms with E-state index in [9.17, 15) is 9.59 Å². The lowest BCUT2D eigenvalue weighted by molar-refractivity contribution is -0.132. The van der Waals surface area contributed by atoms with Gasteiger partial charge >= 0.3 is 0 Å². The highest BCUT2D eigenvalue weighted by Crippen LogP contribution is 2.30. The van der Waals surface area contributed by atoms with E-state index in [2.05, 4.69) is 15.5 Å². The number of likely N-dealkylation sites (tertiary alicyclic amines) is 1. The van der Waals surface area contributed by atoms with E-state index < -0.39 is 0 Å². The van der Waals surface area contributed by atoms with Gasteiger partial charge in [0.2, 0.25) is 10.9 Å².